The van der Waals surface area contributed by atoms with Gasteiger partial charge in [-0.25, -0.2) is 9.97 Å². The molecule has 1 aliphatic heterocycles. The number of imide groups is 1. The number of thioether (sulfide) groups is 1. The summed E-state index contributed by atoms with van der Waals surface area (Å²) in [6.07, 6.45) is 8.33. The van der Waals surface area contributed by atoms with Crippen molar-refractivity contribution in [1.82, 2.24) is 24.4 Å². The number of nitrogens with one attached hydrogen (secondary N) is 1. The fourth-order valence-corrected chi connectivity index (χ4v) is 5.63. The van der Waals surface area contributed by atoms with E-state index >= 15 is 0 Å². The van der Waals surface area contributed by atoms with Gasteiger partial charge in [0.15, 0.2) is 5.16 Å². The summed E-state index contributed by atoms with van der Waals surface area (Å²) in [7, 11) is 1.95. The van der Waals surface area contributed by atoms with Crippen molar-refractivity contribution in [3.8, 4) is 0 Å². The van der Waals surface area contributed by atoms with Crippen molar-refractivity contribution in [3.05, 3.63) is 90.5 Å². The predicted molar refractivity (Wildman–Crippen MR) is 142 cm³/mol. The lowest BCUT2D eigenvalue weighted by molar-refractivity contribution is -0.122. The quantitative estimate of drug-likeness (QED) is 0.154. The highest BCUT2D eigenvalue weighted by Crippen LogP contribution is 2.38. The van der Waals surface area contributed by atoms with Crippen LogP contribution < -0.4 is 5.32 Å². The second-order valence-corrected chi connectivity index (χ2v) is 9.75. The molecular weight excluding hydrogens is 470 g/mol. The van der Waals surface area contributed by atoms with Gasteiger partial charge >= 0.3 is 0 Å². The van der Waals surface area contributed by atoms with Crippen molar-refractivity contribution in [2.45, 2.75) is 18.1 Å². The molecule has 0 bridgehead atoms. The molecule has 2 aromatic carbocycles. The van der Waals surface area contributed by atoms with Gasteiger partial charge in [-0.2, -0.15) is 0 Å². The highest BCUT2D eigenvalue weighted by Gasteiger charge is 2.35. The second-order valence-electron chi connectivity index (χ2n) is 8.69. The molecule has 7 nitrogen and oxygen atoms in total. The molecule has 0 radical (unpaired) electrons. The lowest BCUT2D eigenvalue weighted by Crippen LogP contribution is -2.22. The van der Waals surface area contributed by atoms with Crippen LogP contribution in [0.1, 0.15) is 17.5 Å². The normalized spacial score (nSPS) is 13.8. The van der Waals surface area contributed by atoms with Crippen molar-refractivity contribution < 1.29 is 9.59 Å². The Morgan fingerprint density at radius 3 is 2.14 bits per heavy atom. The number of hydrogen-bond donors (Lipinski definition) is 1. The fourth-order valence-electron chi connectivity index (χ4n) is 4.90. The van der Waals surface area contributed by atoms with Crippen molar-refractivity contribution in [3.63, 3.8) is 0 Å². The van der Waals surface area contributed by atoms with E-state index in [0.717, 1.165) is 56.8 Å². The molecule has 5 aromatic rings. The van der Waals surface area contributed by atoms with Crippen molar-refractivity contribution in [2.24, 2.45) is 7.05 Å². The third-order valence-corrected chi connectivity index (χ3v) is 7.43. The van der Waals surface area contributed by atoms with E-state index in [2.05, 4.69) is 25.9 Å². The molecule has 3 aromatic heterocycles. The molecule has 0 fully saturated rings. The van der Waals surface area contributed by atoms with Gasteiger partial charge in [-0.05, 0) is 24.6 Å². The maximum absolute atomic E-state index is 13.2. The number of rotatable bonds is 7. The second kappa shape index (κ2) is 9.13. The number of para-hydroxylation sites is 2. The van der Waals surface area contributed by atoms with Gasteiger partial charge in [0.05, 0.1) is 11.1 Å². The number of aromatic nitrogens is 4. The Bertz CT molecular complexity index is 1670. The van der Waals surface area contributed by atoms with Crippen LogP contribution in [0.3, 0.4) is 0 Å². The molecule has 1 aliphatic rings. The molecule has 2 amide bonds. The number of aryl methyl sites for hydroxylation is 2. The number of fused-ring (bicyclic) bond motifs is 2. The Hall–Kier alpha value is -4.17. The summed E-state index contributed by atoms with van der Waals surface area (Å²) < 4.78 is 4.16. The lowest BCUT2D eigenvalue weighted by Gasteiger charge is -2.05. The smallest absolute Gasteiger partial charge is 0.259 e. The molecule has 0 spiro atoms. The molecular formula is C28H23N5O2S. The predicted octanol–water partition coefficient (Wildman–Crippen LogP) is 4.67. The van der Waals surface area contributed by atoms with Gasteiger partial charge in [0.25, 0.3) is 11.8 Å². The Morgan fingerprint density at radius 1 is 0.806 bits per heavy atom. The number of hydrogen-bond acceptors (Lipinski definition) is 5. The summed E-state index contributed by atoms with van der Waals surface area (Å²) in [5.74, 6) is 0.152. The Morgan fingerprint density at radius 2 is 1.42 bits per heavy atom. The molecule has 36 heavy (non-hydrogen) atoms. The highest BCUT2D eigenvalue weighted by atomic mass is 32.2. The van der Waals surface area contributed by atoms with Gasteiger partial charge in [0.1, 0.15) is 0 Å². The first-order chi connectivity index (χ1) is 17.6. The first-order valence-electron chi connectivity index (χ1n) is 11.7. The van der Waals surface area contributed by atoms with Crippen LogP contribution in [0.5, 0.6) is 0 Å². The van der Waals surface area contributed by atoms with Gasteiger partial charge in [-0.15, -0.1) is 0 Å². The van der Waals surface area contributed by atoms with Crippen molar-refractivity contribution in [1.29, 1.82) is 0 Å². The molecule has 6 rings (SSSR count). The van der Waals surface area contributed by atoms with Crippen LogP contribution in [-0.4, -0.2) is 36.7 Å². The number of nitrogens with zero attached hydrogens (tertiary/aromatic N) is 4. The van der Waals surface area contributed by atoms with Crippen LogP contribution in [0, 0.1) is 0 Å². The first kappa shape index (κ1) is 22.3. The molecule has 0 atom stereocenters. The zero-order valence-corrected chi connectivity index (χ0v) is 20.5. The summed E-state index contributed by atoms with van der Waals surface area (Å²) in [4.78, 5) is 34.8. The largest absolute Gasteiger partial charge is 0.350 e. The Labute approximate surface area is 211 Å². The summed E-state index contributed by atoms with van der Waals surface area (Å²) in [6, 6.07) is 17.8. The molecule has 0 aliphatic carbocycles. The van der Waals surface area contributed by atoms with E-state index in [-0.39, 0.29) is 11.8 Å². The summed E-state index contributed by atoms with van der Waals surface area (Å²) >= 11 is 1.62. The van der Waals surface area contributed by atoms with Gasteiger partial charge < -0.3 is 9.13 Å². The molecule has 1 N–H and O–H groups in total. The maximum atomic E-state index is 13.2. The van der Waals surface area contributed by atoms with Gasteiger partial charge in [-0.1, -0.05) is 48.2 Å². The average Bonchev–Trinajstić information content (AvgIpc) is 3.53. The highest BCUT2D eigenvalue weighted by molar-refractivity contribution is 7.99. The van der Waals surface area contributed by atoms with E-state index in [1.165, 1.54) is 0 Å². The molecule has 178 valence electrons. The minimum atomic E-state index is -0.359. The van der Waals surface area contributed by atoms with Crippen molar-refractivity contribution in [2.75, 3.05) is 5.75 Å². The summed E-state index contributed by atoms with van der Waals surface area (Å²) in [5.41, 5.74) is 4.44. The molecule has 0 unspecified atom stereocenters. The average molecular weight is 494 g/mol. The van der Waals surface area contributed by atoms with E-state index in [1.54, 1.807) is 24.2 Å². The van der Waals surface area contributed by atoms with Crippen molar-refractivity contribution >= 4 is 56.5 Å². The zero-order chi connectivity index (χ0) is 24.6. The fraction of sp³-hybridized carbons (Fsp3) is 0.143. The van der Waals surface area contributed by atoms with E-state index in [0.29, 0.717) is 11.1 Å². The van der Waals surface area contributed by atoms with Gasteiger partial charge in [0.2, 0.25) is 0 Å². The van der Waals surface area contributed by atoms with Crippen LogP contribution in [0.2, 0.25) is 0 Å². The minimum Gasteiger partial charge on any atom is -0.350 e. The molecule has 4 heterocycles. The number of amides is 2. The third-order valence-electron chi connectivity index (χ3n) is 6.47. The summed E-state index contributed by atoms with van der Waals surface area (Å²) in [6.45, 7) is 0.771. The van der Waals surface area contributed by atoms with Crippen LogP contribution in [0.4, 0.5) is 0 Å². The van der Waals surface area contributed by atoms with E-state index in [4.69, 9.17) is 0 Å². The first-order valence-corrected chi connectivity index (χ1v) is 12.7. The Kier molecular flexibility index (Phi) is 5.65. The Balaban J connectivity index is 1.41. The standard InChI is InChI=1S/C28H23N5O2S/c1-32-16-20(18-8-2-4-10-22(18)32)24-25(27(35)31-26(24)34)21-17-33(23-11-5-3-9-19(21)23)14-7-15-36-28-29-12-6-13-30-28/h2-6,8-13,16-17H,7,14-15H2,1H3,(H,31,34,35). The minimum absolute atomic E-state index is 0.359. The topological polar surface area (TPSA) is 81.8 Å². The lowest BCUT2D eigenvalue weighted by atomic mass is 9.95. The molecule has 0 saturated heterocycles. The number of carbonyl (C=O) groups excluding carboxylic acids is 2. The monoisotopic (exact) mass is 493 g/mol. The van der Waals surface area contributed by atoms with Crippen LogP contribution in [0.15, 0.2) is 84.5 Å². The van der Waals surface area contributed by atoms with E-state index in [1.807, 2.05) is 72.5 Å². The SMILES string of the molecule is Cn1cc(C2=C(c3cn(CCCSc4ncccn4)c4ccccc34)C(=O)NC2=O)c2ccccc21. The summed E-state index contributed by atoms with van der Waals surface area (Å²) in [5, 5.41) is 5.21. The van der Waals surface area contributed by atoms with Crippen LogP contribution >= 0.6 is 11.8 Å². The number of carbonyl (C=O) groups is 2. The third kappa shape index (κ3) is 3.79. The van der Waals surface area contributed by atoms with Gasteiger partial charge in [-0.3, -0.25) is 14.9 Å². The van der Waals surface area contributed by atoms with Crippen LogP contribution in [0.25, 0.3) is 33.0 Å². The number of benzene rings is 2. The van der Waals surface area contributed by atoms with Crippen LogP contribution in [-0.2, 0) is 23.2 Å². The van der Waals surface area contributed by atoms with Gasteiger partial charge in [0, 0.05) is 77.1 Å². The zero-order valence-electron chi connectivity index (χ0n) is 19.6. The van der Waals surface area contributed by atoms with E-state index < -0.39 is 0 Å². The molecule has 0 saturated carbocycles. The molecule has 8 heteroatoms. The maximum Gasteiger partial charge on any atom is 0.259 e. The van der Waals surface area contributed by atoms with E-state index in [9.17, 15) is 9.59 Å².